The second-order valence-electron chi connectivity index (χ2n) is 7.91. The molecule has 34 heavy (non-hydrogen) atoms. The van der Waals surface area contributed by atoms with Crippen LogP contribution in [0.2, 0.25) is 0 Å². The van der Waals surface area contributed by atoms with Gasteiger partial charge in [0.05, 0.1) is 16.5 Å². The third kappa shape index (κ3) is 5.94. The van der Waals surface area contributed by atoms with E-state index in [2.05, 4.69) is 10.6 Å². The maximum absolute atomic E-state index is 12.9. The van der Waals surface area contributed by atoms with Gasteiger partial charge in [0.15, 0.2) is 0 Å². The minimum atomic E-state index is -4.68. The van der Waals surface area contributed by atoms with Crippen molar-refractivity contribution >= 4 is 29.0 Å². The second-order valence-corrected chi connectivity index (χ2v) is 7.91. The second kappa shape index (κ2) is 9.98. The van der Waals surface area contributed by atoms with Crippen molar-refractivity contribution in [1.29, 1.82) is 0 Å². The van der Waals surface area contributed by atoms with Gasteiger partial charge < -0.3 is 20.4 Å². The van der Waals surface area contributed by atoms with E-state index in [4.69, 9.17) is 0 Å². The monoisotopic (exact) mass is 479 g/mol. The van der Waals surface area contributed by atoms with Gasteiger partial charge in [-0.25, -0.2) is 4.79 Å². The first-order valence-corrected chi connectivity index (χ1v) is 10.5. The standard InChI is InChI=1S/C22H24F3N5O4/c1-14(16-4-3-5-18(12-16)27-15(2)31)26-21(32)29-10-8-28(9-11-29)19-7-6-17(22(23,24)25)13-20(19)30(33)34/h3-7,12-14H,8-11H2,1-2H3,(H,26,32)(H,27,31)/t14-/m0/s1. The predicted octanol–water partition coefficient (Wildman–Crippen LogP) is 4.16. The van der Waals surface area contributed by atoms with Crippen molar-refractivity contribution in [1.82, 2.24) is 10.2 Å². The van der Waals surface area contributed by atoms with Crippen LogP contribution in [0.5, 0.6) is 0 Å². The zero-order valence-corrected chi connectivity index (χ0v) is 18.6. The molecule has 1 aliphatic rings. The number of halogens is 3. The number of carbonyl (C=O) groups is 2. The van der Waals surface area contributed by atoms with Crippen LogP contribution >= 0.6 is 0 Å². The maximum Gasteiger partial charge on any atom is 0.416 e. The highest BCUT2D eigenvalue weighted by Crippen LogP contribution is 2.36. The van der Waals surface area contributed by atoms with E-state index in [0.29, 0.717) is 11.8 Å². The number of amides is 3. The van der Waals surface area contributed by atoms with Crippen molar-refractivity contribution in [3.05, 3.63) is 63.7 Å². The summed E-state index contributed by atoms with van der Waals surface area (Å²) >= 11 is 0. The lowest BCUT2D eigenvalue weighted by molar-refractivity contribution is -0.384. The van der Waals surface area contributed by atoms with Crippen LogP contribution in [0.25, 0.3) is 0 Å². The molecule has 0 unspecified atom stereocenters. The SMILES string of the molecule is CC(=O)Nc1cccc([C@H](C)NC(=O)N2CCN(c3ccc(C(F)(F)F)cc3[N+](=O)[O-])CC2)c1. The number of nitro groups is 1. The van der Waals surface area contributed by atoms with E-state index in [1.807, 2.05) is 6.07 Å². The molecule has 12 heteroatoms. The highest BCUT2D eigenvalue weighted by molar-refractivity contribution is 5.88. The molecule has 3 amide bonds. The molecule has 1 atom stereocenters. The van der Waals surface area contributed by atoms with Gasteiger partial charge in [0.2, 0.25) is 5.91 Å². The summed E-state index contributed by atoms with van der Waals surface area (Å²) in [6.07, 6.45) is -4.68. The van der Waals surface area contributed by atoms with Crippen LogP contribution in [-0.4, -0.2) is 47.9 Å². The van der Waals surface area contributed by atoms with Crippen LogP contribution in [0.15, 0.2) is 42.5 Å². The molecule has 0 radical (unpaired) electrons. The molecule has 1 heterocycles. The first-order valence-electron chi connectivity index (χ1n) is 10.5. The highest BCUT2D eigenvalue weighted by atomic mass is 19.4. The molecule has 9 nitrogen and oxygen atoms in total. The Kier molecular flexibility index (Phi) is 7.28. The topological polar surface area (TPSA) is 108 Å². The summed E-state index contributed by atoms with van der Waals surface area (Å²) in [6.45, 7) is 4.13. The van der Waals surface area contributed by atoms with Gasteiger partial charge >= 0.3 is 12.2 Å². The molecule has 0 saturated carbocycles. The summed E-state index contributed by atoms with van der Waals surface area (Å²) in [5, 5.41) is 16.9. The summed E-state index contributed by atoms with van der Waals surface area (Å²) < 4.78 is 38.8. The van der Waals surface area contributed by atoms with Gasteiger partial charge in [-0.15, -0.1) is 0 Å². The molecular formula is C22H24F3N5O4. The van der Waals surface area contributed by atoms with E-state index in [1.165, 1.54) is 6.92 Å². The van der Waals surface area contributed by atoms with Crippen LogP contribution in [0.3, 0.4) is 0 Å². The first-order chi connectivity index (χ1) is 16.0. The van der Waals surface area contributed by atoms with Crippen LogP contribution < -0.4 is 15.5 Å². The molecule has 0 aliphatic carbocycles. The van der Waals surface area contributed by atoms with E-state index in [9.17, 15) is 32.9 Å². The fourth-order valence-corrected chi connectivity index (χ4v) is 3.71. The van der Waals surface area contributed by atoms with Gasteiger partial charge in [-0.05, 0) is 36.8 Å². The lowest BCUT2D eigenvalue weighted by Crippen LogP contribution is -2.52. The van der Waals surface area contributed by atoms with Crippen LogP contribution in [0.4, 0.5) is 35.0 Å². The van der Waals surface area contributed by atoms with Crippen LogP contribution in [0, 0.1) is 10.1 Å². The molecule has 2 N–H and O–H groups in total. The number of hydrogen-bond donors (Lipinski definition) is 2. The number of piperazine rings is 1. The summed E-state index contributed by atoms with van der Waals surface area (Å²) in [5.74, 6) is -0.208. The average Bonchev–Trinajstić information content (AvgIpc) is 2.77. The third-order valence-corrected chi connectivity index (χ3v) is 5.45. The number of nitrogens with one attached hydrogen (secondary N) is 2. The normalized spacial score (nSPS) is 15.0. The average molecular weight is 479 g/mol. The quantitative estimate of drug-likeness (QED) is 0.495. The van der Waals surface area contributed by atoms with Crippen LogP contribution in [0.1, 0.15) is 31.0 Å². The fraction of sp³-hybridized carbons (Fsp3) is 0.364. The van der Waals surface area contributed by atoms with Gasteiger partial charge in [-0.3, -0.25) is 14.9 Å². The Morgan fingerprint density at radius 1 is 1.09 bits per heavy atom. The smallest absolute Gasteiger partial charge is 0.362 e. The van der Waals surface area contributed by atoms with Crippen molar-refractivity contribution in [2.75, 3.05) is 36.4 Å². The minimum absolute atomic E-state index is 0.0845. The van der Waals surface area contributed by atoms with Gasteiger partial charge in [0, 0.05) is 44.9 Å². The molecule has 0 aromatic heterocycles. The van der Waals surface area contributed by atoms with Crippen molar-refractivity contribution in [3.63, 3.8) is 0 Å². The van der Waals surface area contributed by atoms with Crippen molar-refractivity contribution in [2.24, 2.45) is 0 Å². The Labute approximate surface area is 193 Å². The number of nitrogens with zero attached hydrogens (tertiary/aromatic N) is 3. The van der Waals surface area contributed by atoms with Crippen molar-refractivity contribution < 1.29 is 27.7 Å². The molecule has 0 spiro atoms. The molecule has 2 aromatic rings. The number of urea groups is 1. The molecular weight excluding hydrogens is 455 g/mol. The highest BCUT2D eigenvalue weighted by Gasteiger charge is 2.34. The van der Waals surface area contributed by atoms with Gasteiger partial charge in [-0.1, -0.05) is 12.1 Å². The molecule has 0 bridgehead atoms. The predicted molar refractivity (Wildman–Crippen MR) is 120 cm³/mol. The Hall–Kier alpha value is -3.83. The number of benzene rings is 2. The number of anilines is 2. The Morgan fingerprint density at radius 2 is 1.76 bits per heavy atom. The minimum Gasteiger partial charge on any atom is -0.362 e. The molecule has 1 aliphatic heterocycles. The van der Waals surface area contributed by atoms with Gasteiger partial charge in [0.1, 0.15) is 5.69 Å². The zero-order chi connectivity index (χ0) is 25.0. The number of alkyl halides is 3. The number of carbonyl (C=O) groups excluding carboxylic acids is 2. The van der Waals surface area contributed by atoms with Crippen molar-refractivity contribution in [2.45, 2.75) is 26.1 Å². The molecule has 3 rings (SSSR count). The first kappa shape index (κ1) is 24.8. The van der Waals surface area contributed by atoms with E-state index >= 15 is 0 Å². The lowest BCUT2D eigenvalue weighted by atomic mass is 10.1. The molecule has 1 saturated heterocycles. The van der Waals surface area contributed by atoms with E-state index < -0.39 is 22.4 Å². The van der Waals surface area contributed by atoms with Gasteiger partial charge in [-0.2, -0.15) is 13.2 Å². The summed E-state index contributed by atoms with van der Waals surface area (Å²) in [5.41, 5.74) is -0.226. The molecule has 2 aromatic carbocycles. The van der Waals surface area contributed by atoms with E-state index in [0.717, 1.165) is 17.7 Å². The molecule has 1 fully saturated rings. The zero-order valence-electron chi connectivity index (χ0n) is 18.6. The molecule has 182 valence electrons. The summed E-state index contributed by atoms with van der Waals surface area (Å²) in [6, 6.07) is 8.84. The van der Waals surface area contributed by atoms with Gasteiger partial charge in [0.25, 0.3) is 5.69 Å². The van der Waals surface area contributed by atoms with Crippen LogP contribution in [-0.2, 0) is 11.0 Å². The lowest BCUT2D eigenvalue weighted by Gasteiger charge is -2.36. The number of rotatable bonds is 5. The Balaban J connectivity index is 1.63. The summed E-state index contributed by atoms with van der Waals surface area (Å²) in [7, 11) is 0. The Morgan fingerprint density at radius 3 is 2.35 bits per heavy atom. The summed E-state index contributed by atoms with van der Waals surface area (Å²) in [4.78, 5) is 37.6. The Bertz CT molecular complexity index is 1080. The largest absolute Gasteiger partial charge is 0.416 e. The fourth-order valence-electron chi connectivity index (χ4n) is 3.71. The number of nitro benzene ring substituents is 1. The van der Waals surface area contributed by atoms with Crippen molar-refractivity contribution in [3.8, 4) is 0 Å². The number of hydrogen-bond acceptors (Lipinski definition) is 5. The maximum atomic E-state index is 12.9. The third-order valence-electron chi connectivity index (χ3n) is 5.45. The van der Waals surface area contributed by atoms with E-state index in [1.54, 1.807) is 34.9 Å². The van der Waals surface area contributed by atoms with E-state index in [-0.39, 0.29) is 49.8 Å².